The van der Waals surface area contributed by atoms with Crippen molar-refractivity contribution >= 4 is 5.91 Å². The molecule has 0 aliphatic carbocycles. The second-order valence-electron chi connectivity index (χ2n) is 7.57. The second kappa shape index (κ2) is 10.0. The number of nitrogens with one attached hydrogen (secondary N) is 1. The van der Waals surface area contributed by atoms with Crippen LogP contribution in [-0.4, -0.2) is 17.4 Å². The second-order valence-corrected chi connectivity index (χ2v) is 7.57. The quantitative estimate of drug-likeness (QED) is 0.558. The number of carbonyl (C=O) groups is 1. The van der Waals surface area contributed by atoms with Crippen LogP contribution in [0.15, 0.2) is 65.2 Å². The Morgan fingerprint density at radius 2 is 1.76 bits per heavy atom. The number of rotatable bonds is 9. The third kappa shape index (κ3) is 6.03. The Morgan fingerprint density at radius 1 is 1.07 bits per heavy atom. The van der Waals surface area contributed by atoms with Crippen LogP contribution in [0.4, 0.5) is 0 Å². The summed E-state index contributed by atoms with van der Waals surface area (Å²) < 4.78 is 5.77. The highest BCUT2D eigenvalue weighted by molar-refractivity contribution is 5.75. The molecule has 5 heteroatoms. The third-order valence-electron chi connectivity index (χ3n) is 4.96. The van der Waals surface area contributed by atoms with E-state index in [1.165, 1.54) is 5.56 Å². The van der Waals surface area contributed by atoms with Crippen LogP contribution in [-0.2, 0) is 11.2 Å². The predicted octanol–water partition coefficient (Wildman–Crippen LogP) is 4.60. The van der Waals surface area contributed by atoms with E-state index in [4.69, 9.17) is 10.2 Å². The molecule has 0 fully saturated rings. The molecular formula is C24H29N3O2. The first-order valence-electron chi connectivity index (χ1n) is 10.1. The molecule has 1 unspecified atom stereocenters. The molecule has 0 aliphatic heterocycles. The summed E-state index contributed by atoms with van der Waals surface area (Å²) in [6.07, 6.45) is 3.46. The lowest BCUT2D eigenvalue weighted by Crippen LogP contribution is -2.31. The number of carbonyl (C=O) groups excluding carboxylic acids is 1. The van der Waals surface area contributed by atoms with E-state index in [9.17, 15) is 4.79 Å². The lowest BCUT2D eigenvalue weighted by molar-refractivity contribution is -0.121. The summed E-state index contributed by atoms with van der Waals surface area (Å²) in [5.41, 5.74) is 9.52. The minimum atomic E-state index is -0.208. The van der Waals surface area contributed by atoms with Gasteiger partial charge in [0.2, 0.25) is 5.91 Å². The van der Waals surface area contributed by atoms with Gasteiger partial charge in [-0.15, -0.1) is 0 Å². The van der Waals surface area contributed by atoms with Gasteiger partial charge in [-0.3, -0.25) is 4.79 Å². The summed E-state index contributed by atoms with van der Waals surface area (Å²) >= 11 is 0. The van der Waals surface area contributed by atoms with Crippen LogP contribution in [0.3, 0.4) is 0 Å². The highest BCUT2D eigenvalue weighted by atomic mass is 16.4. The van der Waals surface area contributed by atoms with Gasteiger partial charge in [0.25, 0.3) is 0 Å². The maximum Gasteiger partial charge on any atom is 0.220 e. The highest BCUT2D eigenvalue weighted by Crippen LogP contribution is 2.20. The summed E-state index contributed by atoms with van der Waals surface area (Å²) in [6, 6.07) is 17.9. The summed E-state index contributed by atoms with van der Waals surface area (Å²) in [5, 5.41) is 2.92. The highest BCUT2D eigenvalue weighted by Gasteiger charge is 2.10. The Bertz CT molecular complexity index is 901. The molecule has 2 aromatic carbocycles. The van der Waals surface area contributed by atoms with Crippen LogP contribution in [0.2, 0.25) is 0 Å². The number of benzene rings is 2. The summed E-state index contributed by atoms with van der Waals surface area (Å²) in [7, 11) is 0. The first-order valence-corrected chi connectivity index (χ1v) is 10.1. The zero-order valence-corrected chi connectivity index (χ0v) is 17.1. The van der Waals surface area contributed by atoms with Crippen molar-refractivity contribution in [2.45, 2.75) is 45.1 Å². The van der Waals surface area contributed by atoms with Crippen molar-refractivity contribution in [3.8, 4) is 11.3 Å². The van der Waals surface area contributed by atoms with Gasteiger partial charge in [-0.1, -0.05) is 68.4 Å². The average Bonchev–Trinajstić information content (AvgIpc) is 3.21. The van der Waals surface area contributed by atoms with Gasteiger partial charge < -0.3 is 15.5 Å². The molecule has 0 bridgehead atoms. The SMILES string of the molecule is CC(C)c1ccc(C(N)CNC(=O)CCCc2ncc(-c3ccccc3)o2)cc1. The summed E-state index contributed by atoms with van der Waals surface area (Å²) in [4.78, 5) is 16.4. The molecule has 3 rings (SSSR count). The van der Waals surface area contributed by atoms with Crippen molar-refractivity contribution in [2.75, 3.05) is 6.54 Å². The van der Waals surface area contributed by atoms with Gasteiger partial charge >= 0.3 is 0 Å². The van der Waals surface area contributed by atoms with Gasteiger partial charge in [-0.2, -0.15) is 0 Å². The molecule has 0 aliphatic rings. The Morgan fingerprint density at radius 3 is 2.45 bits per heavy atom. The van der Waals surface area contributed by atoms with Crippen LogP contribution in [0.1, 0.15) is 55.7 Å². The normalized spacial score (nSPS) is 12.1. The van der Waals surface area contributed by atoms with Crippen molar-refractivity contribution < 1.29 is 9.21 Å². The van der Waals surface area contributed by atoms with Crippen LogP contribution in [0, 0.1) is 0 Å². The average molecular weight is 392 g/mol. The summed E-state index contributed by atoms with van der Waals surface area (Å²) in [6.45, 7) is 4.75. The standard InChI is InChI=1S/C24H29N3O2/c1-17(2)18-11-13-19(14-12-18)21(25)15-26-23(28)9-6-10-24-27-16-22(29-24)20-7-4-3-5-8-20/h3-5,7-8,11-14,16-17,21H,6,9-10,15,25H2,1-2H3,(H,26,28). The number of nitrogens with two attached hydrogens (primary N) is 1. The molecule has 152 valence electrons. The zero-order valence-electron chi connectivity index (χ0n) is 17.1. The zero-order chi connectivity index (χ0) is 20.6. The Labute approximate surface area is 172 Å². The summed E-state index contributed by atoms with van der Waals surface area (Å²) in [5.74, 6) is 1.89. The van der Waals surface area contributed by atoms with E-state index in [0.717, 1.165) is 16.9 Å². The molecular weight excluding hydrogens is 362 g/mol. The van der Waals surface area contributed by atoms with Crippen LogP contribution >= 0.6 is 0 Å². The van der Waals surface area contributed by atoms with E-state index in [1.54, 1.807) is 6.20 Å². The fourth-order valence-electron chi connectivity index (χ4n) is 3.12. The van der Waals surface area contributed by atoms with E-state index < -0.39 is 0 Å². The molecule has 0 radical (unpaired) electrons. The van der Waals surface area contributed by atoms with E-state index in [1.807, 2.05) is 42.5 Å². The van der Waals surface area contributed by atoms with E-state index in [2.05, 4.69) is 36.3 Å². The number of hydrogen-bond acceptors (Lipinski definition) is 4. The van der Waals surface area contributed by atoms with E-state index >= 15 is 0 Å². The molecule has 0 saturated carbocycles. The van der Waals surface area contributed by atoms with Gasteiger partial charge in [-0.25, -0.2) is 4.98 Å². The number of hydrogen-bond donors (Lipinski definition) is 2. The first-order chi connectivity index (χ1) is 14.0. The molecule has 1 amide bonds. The van der Waals surface area contributed by atoms with Crippen molar-refractivity contribution in [3.05, 3.63) is 77.8 Å². The topological polar surface area (TPSA) is 81.1 Å². The van der Waals surface area contributed by atoms with Crippen LogP contribution in [0.5, 0.6) is 0 Å². The number of oxazole rings is 1. The van der Waals surface area contributed by atoms with Crippen molar-refractivity contribution in [3.63, 3.8) is 0 Å². The number of aromatic nitrogens is 1. The minimum absolute atomic E-state index is 0.00547. The van der Waals surface area contributed by atoms with Gasteiger partial charge in [-0.05, 0) is 23.5 Å². The Balaban J connectivity index is 1.39. The first kappa shape index (κ1) is 20.8. The molecule has 29 heavy (non-hydrogen) atoms. The van der Waals surface area contributed by atoms with Crippen molar-refractivity contribution in [1.29, 1.82) is 0 Å². The van der Waals surface area contributed by atoms with Gasteiger partial charge in [0, 0.05) is 31.0 Å². The van der Waals surface area contributed by atoms with Gasteiger partial charge in [0.05, 0.1) is 6.20 Å². The molecule has 1 aromatic heterocycles. The lowest BCUT2D eigenvalue weighted by atomic mass is 9.99. The molecule has 5 nitrogen and oxygen atoms in total. The molecule has 3 N–H and O–H groups in total. The molecule has 1 atom stereocenters. The van der Waals surface area contributed by atoms with Crippen LogP contribution < -0.4 is 11.1 Å². The molecule has 1 heterocycles. The number of nitrogens with zero attached hydrogens (tertiary/aromatic N) is 1. The van der Waals surface area contributed by atoms with E-state index in [-0.39, 0.29) is 11.9 Å². The van der Waals surface area contributed by atoms with E-state index in [0.29, 0.717) is 37.6 Å². The minimum Gasteiger partial charge on any atom is -0.441 e. The number of aryl methyl sites for hydroxylation is 1. The lowest BCUT2D eigenvalue weighted by Gasteiger charge is -2.14. The maximum atomic E-state index is 12.1. The fourth-order valence-corrected chi connectivity index (χ4v) is 3.12. The smallest absolute Gasteiger partial charge is 0.220 e. The van der Waals surface area contributed by atoms with Gasteiger partial charge in [0.15, 0.2) is 11.7 Å². The van der Waals surface area contributed by atoms with Crippen LogP contribution in [0.25, 0.3) is 11.3 Å². The Hall–Kier alpha value is -2.92. The fraction of sp³-hybridized carbons (Fsp3) is 0.333. The number of amides is 1. The maximum absolute atomic E-state index is 12.1. The largest absolute Gasteiger partial charge is 0.441 e. The molecule has 3 aromatic rings. The Kier molecular flexibility index (Phi) is 7.19. The van der Waals surface area contributed by atoms with Crippen molar-refractivity contribution in [2.24, 2.45) is 5.73 Å². The monoisotopic (exact) mass is 391 g/mol. The predicted molar refractivity (Wildman–Crippen MR) is 115 cm³/mol. The van der Waals surface area contributed by atoms with Gasteiger partial charge in [0.1, 0.15) is 0 Å². The molecule has 0 spiro atoms. The third-order valence-corrected chi connectivity index (χ3v) is 4.96. The molecule has 0 saturated heterocycles. The van der Waals surface area contributed by atoms with Crippen molar-refractivity contribution in [1.82, 2.24) is 10.3 Å².